The molecule has 0 aliphatic heterocycles. The minimum Gasteiger partial charge on any atom is -0.481 e. The average Bonchev–Trinajstić information content (AvgIpc) is 2.54. The average molecular weight is 141 g/mol. The van der Waals surface area contributed by atoms with E-state index in [-0.39, 0.29) is 12.0 Å². The van der Waals surface area contributed by atoms with Crippen molar-refractivity contribution in [3.8, 4) is 0 Å². The number of hydrogen-bond donors (Lipinski definition) is 2. The van der Waals surface area contributed by atoms with Crippen LogP contribution < -0.4 is 5.73 Å². The lowest BCUT2D eigenvalue weighted by Crippen LogP contribution is -2.33. The Hall–Kier alpha value is -0.570. The Balaban J connectivity index is 2.07. The summed E-state index contributed by atoms with van der Waals surface area (Å²) in [6, 6.07) is -0.0532. The van der Waals surface area contributed by atoms with E-state index >= 15 is 0 Å². The Morgan fingerprint density at radius 3 is 2.50 bits per heavy atom. The second-order valence-electron chi connectivity index (χ2n) is 3.42. The highest BCUT2D eigenvalue weighted by Gasteiger charge is 2.54. The van der Waals surface area contributed by atoms with Gasteiger partial charge < -0.3 is 10.8 Å². The quantitative estimate of drug-likeness (QED) is 0.542. The molecule has 4 atom stereocenters. The van der Waals surface area contributed by atoms with E-state index in [1.54, 1.807) is 0 Å². The van der Waals surface area contributed by atoms with Crippen LogP contribution >= 0.6 is 0 Å². The Morgan fingerprint density at radius 1 is 1.50 bits per heavy atom. The largest absolute Gasteiger partial charge is 0.481 e. The summed E-state index contributed by atoms with van der Waals surface area (Å²) in [4.78, 5) is 10.5. The molecule has 0 amide bonds. The number of fused-ring (bicyclic) bond motifs is 1. The van der Waals surface area contributed by atoms with Gasteiger partial charge in [-0.2, -0.15) is 0 Å². The zero-order valence-electron chi connectivity index (χ0n) is 5.66. The lowest BCUT2D eigenvalue weighted by molar-refractivity contribution is -0.142. The van der Waals surface area contributed by atoms with E-state index in [1.165, 1.54) is 6.42 Å². The van der Waals surface area contributed by atoms with Crippen molar-refractivity contribution in [1.29, 1.82) is 0 Å². The fraction of sp³-hybridized carbons (Fsp3) is 0.857. The minimum atomic E-state index is -0.709. The molecular weight excluding hydrogens is 130 g/mol. The fourth-order valence-corrected chi connectivity index (χ4v) is 2.06. The molecule has 56 valence electrons. The van der Waals surface area contributed by atoms with Gasteiger partial charge in [0.05, 0.1) is 5.92 Å². The molecule has 0 radical (unpaired) electrons. The Morgan fingerprint density at radius 2 is 2.20 bits per heavy atom. The molecule has 0 aromatic rings. The van der Waals surface area contributed by atoms with Crippen molar-refractivity contribution in [2.75, 3.05) is 0 Å². The first-order chi connectivity index (χ1) is 4.70. The minimum absolute atomic E-state index is 0.0532. The second-order valence-corrected chi connectivity index (χ2v) is 3.42. The molecule has 0 aromatic heterocycles. The molecule has 10 heavy (non-hydrogen) atoms. The number of carbonyl (C=O) groups is 1. The lowest BCUT2D eigenvalue weighted by atomic mass is 10.00. The Bertz CT molecular complexity index is 180. The maximum absolute atomic E-state index is 10.5. The van der Waals surface area contributed by atoms with Crippen molar-refractivity contribution in [3.05, 3.63) is 0 Å². The van der Waals surface area contributed by atoms with Crippen molar-refractivity contribution in [1.82, 2.24) is 0 Å². The van der Waals surface area contributed by atoms with Gasteiger partial charge in [-0.3, -0.25) is 4.79 Å². The summed E-state index contributed by atoms with van der Waals surface area (Å²) in [7, 11) is 0. The lowest BCUT2D eigenvalue weighted by Gasteiger charge is -2.12. The summed E-state index contributed by atoms with van der Waals surface area (Å²) in [6.07, 6.45) is 1.99. The molecule has 3 N–H and O–H groups in total. The van der Waals surface area contributed by atoms with Crippen molar-refractivity contribution in [2.45, 2.75) is 18.9 Å². The van der Waals surface area contributed by atoms with Crippen LogP contribution in [0.4, 0.5) is 0 Å². The van der Waals surface area contributed by atoms with E-state index in [0.29, 0.717) is 11.8 Å². The van der Waals surface area contributed by atoms with Crippen LogP contribution in [0, 0.1) is 17.8 Å². The molecule has 2 aliphatic rings. The van der Waals surface area contributed by atoms with Gasteiger partial charge in [0.1, 0.15) is 0 Å². The molecule has 4 unspecified atom stereocenters. The SMILES string of the molecule is NC1C(C(=O)O)CC2CC21. The van der Waals surface area contributed by atoms with Crippen LogP contribution in [0.15, 0.2) is 0 Å². The monoisotopic (exact) mass is 141 g/mol. The highest BCUT2D eigenvalue weighted by atomic mass is 16.4. The maximum Gasteiger partial charge on any atom is 0.308 e. The van der Waals surface area contributed by atoms with E-state index in [2.05, 4.69) is 0 Å². The normalized spacial score (nSPS) is 50.5. The van der Waals surface area contributed by atoms with Gasteiger partial charge in [0.25, 0.3) is 0 Å². The molecule has 2 saturated carbocycles. The summed E-state index contributed by atoms with van der Waals surface area (Å²) < 4.78 is 0. The molecule has 2 rings (SSSR count). The molecule has 3 nitrogen and oxygen atoms in total. The summed E-state index contributed by atoms with van der Waals surface area (Å²) in [6.45, 7) is 0. The van der Waals surface area contributed by atoms with Gasteiger partial charge in [-0.25, -0.2) is 0 Å². The van der Waals surface area contributed by atoms with Crippen LogP contribution in [0.1, 0.15) is 12.8 Å². The van der Waals surface area contributed by atoms with Crippen LogP contribution in [0.3, 0.4) is 0 Å². The van der Waals surface area contributed by atoms with Gasteiger partial charge in [0, 0.05) is 6.04 Å². The molecular formula is C7H11NO2. The van der Waals surface area contributed by atoms with Crippen LogP contribution in [0.25, 0.3) is 0 Å². The number of carboxylic acids is 1. The first-order valence-electron chi connectivity index (χ1n) is 3.68. The maximum atomic E-state index is 10.5. The van der Waals surface area contributed by atoms with Gasteiger partial charge in [-0.15, -0.1) is 0 Å². The van der Waals surface area contributed by atoms with Crippen molar-refractivity contribution < 1.29 is 9.90 Å². The molecule has 2 aliphatic carbocycles. The number of carboxylic acid groups (broad SMARTS) is 1. The second kappa shape index (κ2) is 1.72. The summed E-state index contributed by atoms with van der Waals surface area (Å²) in [5.74, 6) is 0.237. The zero-order chi connectivity index (χ0) is 7.30. The molecule has 0 aromatic carbocycles. The van der Waals surface area contributed by atoms with E-state index in [9.17, 15) is 4.79 Å². The van der Waals surface area contributed by atoms with Gasteiger partial charge in [-0.1, -0.05) is 0 Å². The predicted octanol–water partition coefficient (Wildman–Crippen LogP) is 0.0543. The summed E-state index contributed by atoms with van der Waals surface area (Å²) in [5, 5.41) is 8.64. The topological polar surface area (TPSA) is 63.3 Å². The van der Waals surface area contributed by atoms with Crippen LogP contribution in [0.2, 0.25) is 0 Å². The van der Waals surface area contributed by atoms with Crippen molar-refractivity contribution >= 4 is 5.97 Å². The Labute approximate surface area is 59.2 Å². The number of rotatable bonds is 1. The molecule has 2 fully saturated rings. The molecule has 0 spiro atoms. The van der Waals surface area contributed by atoms with Crippen LogP contribution in [-0.2, 0) is 4.79 Å². The highest BCUT2D eigenvalue weighted by molar-refractivity contribution is 5.71. The first-order valence-corrected chi connectivity index (χ1v) is 3.68. The number of nitrogens with two attached hydrogens (primary N) is 1. The molecule has 0 bridgehead atoms. The molecule has 0 heterocycles. The highest BCUT2D eigenvalue weighted by Crippen LogP contribution is 2.53. The van der Waals surface area contributed by atoms with Gasteiger partial charge in [0.2, 0.25) is 0 Å². The third-order valence-electron chi connectivity index (χ3n) is 2.81. The van der Waals surface area contributed by atoms with E-state index in [0.717, 1.165) is 6.42 Å². The Kier molecular flexibility index (Phi) is 1.06. The number of hydrogen-bond acceptors (Lipinski definition) is 2. The summed E-state index contributed by atoms with van der Waals surface area (Å²) >= 11 is 0. The third kappa shape index (κ3) is 0.669. The third-order valence-corrected chi connectivity index (χ3v) is 2.81. The van der Waals surface area contributed by atoms with Crippen LogP contribution in [0.5, 0.6) is 0 Å². The van der Waals surface area contributed by atoms with Gasteiger partial charge in [0.15, 0.2) is 0 Å². The van der Waals surface area contributed by atoms with Crippen molar-refractivity contribution in [3.63, 3.8) is 0 Å². The fourth-order valence-electron chi connectivity index (χ4n) is 2.06. The molecule has 3 heteroatoms. The van der Waals surface area contributed by atoms with E-state index < -0.39 is 5.97 Å². The van der Waals surface area contributed by atoms with Crippen LogP contribution in [-0.4, -0.2) is 17.1 Å². The van der Waals surface area contributed by atoms with Gasteiger partial charge >= 0.3 is 5.97 Å². The zero-order valence-corrected chi connectivity index (χ0v) is 5.66. The van der Waals surface area contributed by atoms with Crippen molar-refractivity contribution in [2.24, 2.45) is 23.5 Å². The van der Waals surface area contributed by atoms with E-state index in [4.69, 9.17) is 10.8 Å². The van der Waals surface area contributed by atoms with E-state index in [1.807, 2.05) is 0 Å². The standard InChI is InChI=1S/C7H11NO2/c8-6-4-1-3(4)2-5(6)7(9)10/h3-6H,1-2,8H2,(H,9,10). The predicted molar refractivity (Wildman–Crippen MR) is 35.3 cm³/mol. The van der Waals surface area contributed by atoms with Gasteiger partial charge in [-0.05, 0) is 24.7 Å². The first kappa shape index (κ1) is 6.16. The summed E-state index contributed by atoms with van der Waals surface area (Å²) in [5.41, 5.74) is 5.68. The smallest absolute Gasteiger partial charge is 0.308 e. The molecule has 0 saturated heterocycles. The number of aliphatic carboxylic acids is 1.